The number of nitrogens with one attached hydrogen (secondary N) is 1. The number of hydrogen-bond acceptors (Lipinski definition) is 2. The van der Waals surface area contributed by atoms with Crippen LogP contribution in [0.3, 0.4) is 0 Å². The van der Waals surface area contributed by atoms with E-state index in [9.17, 15) is 4.79 Å². The number of carbonyl (C=O) groups excluding carboxylic acids is 1. The monoisotopic (exact) mass is 206 g/mol. The Morgan fingerprint density at radius 2 is 2.07 bits per heavy atom. The van der Waals surface area contributed by atoms with Gasteiger partial charge in [-0.1, -0.05) is 37.3 Å². The van der Waals surface area contributed by atoms with Crippen LogP contribution in [0.5, 0.6) is 0 Å². The van der Waals surface area contributed by atoms with Crippen molar-refractivity contribution < 1.29 is 4.79 Å². The standard InChI is InChI=1S/C12H18N2O/c1-2-11(14-12(15)8-9-13)10-6-4-3-5-7-10/h3-7,11H,2,8-9,13H2,1H3,(H,14,15). The van der Waals surface area contributed by atoms with E-state index in [-0.39, 0.29) is 11.9 Å². The van der Waals surface area contributed by atoms with E-state index < -0.39 is 0 Å². The number of rotatable bonds is 5. The molecule has 0 saturated carbocycles. The summed E-state index contributed by atoms with van der Waals surface area (Å²) in [6.07, 6.45) is 1.28. The van der Waals surface area contributed by atoms with Crippen molar-refractivity contribution in [2.24, 2.45) is 5.73 Å². The van der Waals surface area contributed by atoms with Gasteiger partial charge in [-0.15, -0.1) is 0 Å². The number of carbonyl (C=O) groups is 1. The molecule has 0 aromatic heterocycles. The molecule has 1 aromatic rings. The van der Waals surface area contributed by atoms with Crippen LogP contribution in [-0.2, 0) is 4.79 Å². The van der Waals surface area contributed by atoms with Crippen LogP contribution in [0.25, 0.3) is 0 Å². The van der Waals surface area contributed by atoms with Crippen LogP contribution in [0.2, 0.25) is 0 Å². The highest BCUT2D eigenvalue weighted by atomic mass is 16.1. The summed E-state index contributed by atoms with van der Waals surface area (Å²) in [5.41, 5.74) is 6.47. The van der Waals surface area contributed by atoms with Crippen molar-refractivity contribution in [1.29, 1.82) is 0 Å². The van der Waals surface area contributed by atoms with Gasteiger partial charge >= 0.3 is 0 Å². The van der Waals surface area contributed by atoms with E-state index in [1.807, 2.05) is 30.3 Å². The quantitative estimate of drug-likeness (QED) is 0.769. The van der Waals surface area contributed by atoms with Crippen LogP contribution in [0, 0.1) is 0 Å². The van der Waals surface area contributed by atoms with Gasteiger partial charge in [0, 0.05) is 13.0 Å². The van der Waals surface area contributed by atoms with Crippen LogP contribution in [0.1, 0.15) is 31.4 Å². The smallest absolute Gasteiger partial charge is 0.221 e. The zero-order valence-corrected chi connectivity index (χ0v) is 9.07. The molecule has 15 heavy (non-hydrogen) atoms. The molecule has 1 amide bonds. The first-order valence-corrected chi connectivity index (χ1v) is 5.32. The summed E-state index contributed by atoms with van der Waals surface area (Å²) >= 11 is 0. The molecule has 3 N–H and O–H groups in total. The summed E-state index contributed by atoms with van der Waals surface area (Å²) < 4.78 is 0. The van der Waals surface area contributed by atoms with Gasteiger partial charge in [0.2, 0.25) is 5.91 Å². The molecule has 3 heteroatoms. The minimum Gasteiger partial charge on any atom is -0.349 e. The van der Waals surface area contributed by atoms with Crippen molar-refractivity contribution in [3.8, 4) is 0 Å². The van der Waals surface area contributed by atoms with E-state index in [2.05, 4.69) is 12.2 Å². The Hall–Kier alpha value is -1.35. The molecule has 1 rings (SSSR count). The second-order valence-corrected chi connectivity index (χ2v) is 3.48. The molecule has 3 nitrogen and oxygen atoms in total. The zero-order chi connectivity index (χ0) is 11.1. The maximum Gasteiger partial charge on any atom is 0.221 e. The number of amides is 1. The van der Waals surface area contributed by atoms with Crippen LogP contribution < -0.4 is 11.1 Å². The lowest BCUT2D eigenvalue weighted by atomic mass is 10.0. The number of benzene rings is 1. The highest BCUT2D eigenvalue weighted by Crippen LogP contribution is 2.15. The molecule has 0 fully saturated rings. The Morgan fingerprint density at radius 3 is 2.60 bits per heavy atom. The third-order valence-corrected chi connectivity index (χ3v) is 2.32. The lowest BCUT2D eigenvalue weighted by molar-refractivity contribution is -0.121. The first-order valence-electron chi connectivity index (χ1n) is 5.32. The van der Waals surface area contributed by atoms with Crippen molar-refractivity contribution in [3.63, 3.8) is 0 Å². The summed E-state index contributed by atoms with van der Waals surface area (Å²) in [5.74, 6) is 0.0215. The Bertz CT molecular complexity index is 298. The Labute approximate surface area is 90.7 Å². The second kappa shape index (κ2) is 6.19. The van der Waals surface area contributed by atoms with Gasteiger partial charge in [0.05, 0.1) is 6.04 Å². The molecule has 0 bridgehead atoms. The topological polar surface area (TPSA) is 55.1 Å². The Morgan fingerprint density at radius 1 is 1.40 bits per heavy atom. The van der Waals surface area contributed by atoms with E-state index >= 15 is 0 Å². The molecule has 1 unspecified atom stereocenters. The van der Waals surface area contributed by atoms with E-state index in [1.165, 1.54) is 0 Å². The summed E-state index contributed by atoms with van der Waals surface area (Å²) in [6.45, 7) is 2.46. The molecule has 1 atom stereocenters. The van der Waals surface area contributed by atoms with Gasteiger partial charge in [0.1, 0.15) is 0 Å². The average Bonchev–Trinajstić information content (AvgIpc) is 2.27. The maximum atomic E-state index is 11.4. The first kappa shape index (κ1) is 11.7. The second-order valence-electron chi connectivity index (χ2n) is 3.48. The van der Waals surface area contributed by atoms with Crippen LogP contribution in [-0.4, -0.2) is 12.5 Å². The molecule has 0 spiro atoms. The fourth-order valence-electron chi connectivity index (χ4n) is 1.50. The van der Waals surface area contributed by atoms with Crippen molar-refractivity contribution in [2.45, 2.75) is 25.8 Å². The molecule has 82 valence electrons. The van der Waals surface area contributed by atoms with Crippen molar-refractivity contribution in [1.82, 2.24) is 5.32 Å². The summed E-state index contributed by atoms with van der Waals surface area (Å²) in [5, 5.41) is 2.96. The SMILES string of the molecule is CCC(NC(=O)CCN)c1ccccc1. The van der Waals surface area contributed by atoms with Gasteiger partial charge in [-0.25, -0.2) is 0 Å². The molecular formula is C12H18N2O. The van der Waals surface area contributed by atoms with Crippen LogP contribution in [0.4, 0.5) is 0 Å². The van der Waals surface area contributed by atoms with E-state index in [0.29, 0.717) is 13.0 Å². The maximum absolute atomic E-state index is 11.4. The predicted molar refractivity (Wildman–Crippen MR) is 61.3 cm³/mol. The Balaban J connectivity index is 2.61. The molecule has 0 aliphatic rings. The molecule has 0 aliphatic heterocycles. The van der Waals surface area contributed by atoms with Gasteiger partial charge in [0.25, 0.3) is 0 Å². The zero-order valence-electron chi connectivity index (χ0n) is 9.07. The number of nitrogens with two attached hydrogens (primary N) is 1. The summed E-state index contributed by atoms with van der Waals surface area (Å²) in [4.78, 5) is 11.4. The molecule has 0 radical (unpaired) electrons. The molecule has 0 aliphatic carbocycles. The van der Waals surface area contributed by atoms with Gasteiger partial charge in [-0.2, -0.15) is 0 Å². The van der Waals surface area contributed by atoms with Gasteiger partial charge in [-0.05, 0) is 12.0 Å². The Kier molecular flexibility index (Phi) is 4.84. The fraction of sp³-hybridized carbons (Fsp3) is 0.417. The highest BCUT2D eigenvalue weighted by molar-refractivity contribution is 5.76. The normalized spacial score (nSPS) is 12.1. The predicted octanol–water partition coefficient (Wildman–Crippen LogP) is 1.60. The summed E-state index contributed by atoms with van der Waals surface area (Å²) in [6, 6.07) is 10.1. The van der Waals surface area contributed by atoms with Crippen molar-refractivity contribution >= 4 is 5.91 Å². The van der Waals surface area contributed by atoms with Gasteiger partial charge < -0.3 is 11.1 Å². The molecule has 0 saturated heterocycles. The molecule has 0 heterocycles. The van der Waals surface area contributed by atoms with Crippen molar-refractivity contribution in [3.05, 3.63) is 35.9 Å². The minimum absolute atomic E-state index is 0.0215. The lowest BCUT2D eigenvalue weighted by Gasteiger charge is -2.17. The van der Waals surface area contributed by atoms with E-state index in [4.69, 9.17) is 5.73 Å². The molecule has 1 aromatic carbocycles. The summed E-state index contributed by atoms with van der Waals surface area (Å²) in [7, 11) is 0. The fourth-order valence-corrected chi connectivity index (χ4v) is 1.50. The minimum atomic E-state index is 0.0215. The van der Waals surface area contributed by atoms with Gasteiger partial charge in [0.15, 0.2) is 0 Å². The van der Waals surface area contributed by atoms with Crippen LogP contribution >= 0.6 is 0 Å². The van der Waals surface area contributed by atoms with E-state index in [0.717, 1.165) is 12.0 Å². The average molecular weight is 206 g/mol. The highest BCUT2D eigenvalue weighted by Gasteiger charge is 2.10. The van der Waals surface area contributed by atoms with Gasteiger partial charge in [-0.3, -0.25) is 4.79 Å². The van der Waals surface area contributed by atoms with Crippen LogP contribution in [0.15, 0.2) is 30.3 Å². The third-order valence-electron chi connectivity index (χ3n) is 2.32. The first-order chi connectivity index (χ1) is 7.27. The largest absolute Gasteiger partial charge is 0.349 e. The van der Waals surface area contributed by atoms with E-state index in [1.54, 1.807) is 0 Å². The van der Waals surface area contributed by atoms with Crippen molar-refractivity contribution in [2.75, 3.05) is 6.54 Å². The number of hydrogen-bond donors (Lipinski definition) is 2. The lowest BCUT2D eigenvalue weighted by Crippen LogP contribution is -2.29. The third kappa shape index (κ3) is 3.72. The molecular weight excluding hydrogens is 188 g/mol.